The molecule has 1 nitrogen and oxygen atoms in total. The Morgan fingerprint density at radius 2 is 1.79 bits per heavy atom. The van der Waals surface area contributed by atoms with Gasteiger partial charge < -0.3 is 0 Å². The monoisotopic (exact) mass is 408 g/mol. The highest BCUT2D eigenvalue weighted by Gasteiger charge is 2.15. The molecular formula is C14H8Cl2FIO. The van der Waals surface area contributed by atoms with Crippen LogP contribution < -0.4 is 0 Å². The molecule has 2 rings (SSSR count). The molecular weight excluding hydrogens is 401 g/mol. The number of halogens is 4. The number of Topliss-reactive ketones (excluding diaryl/α,β-unsaturated/α-hetero) is 1. The molecule has 2 aromatic carbocycles. The van der Waals surface area contributed by atoms with Crippen molar-refractivity contribution in [2.45, 2.75) is 6.42 Å². The van der Waals surface area contributed by atoms with Gasteiger partial charge >= 0.3 is 0 Å². The summed E-state index contributed by atoms with van der Waals surface area (Å²) in [7, 11) is 0. The first-order chi connectivity index (χ1) is 8.99. The van der Waals surface area contributed by atoms with E-state index in [1.54, 1.807) is 18.2 Å². The standard InChI is InChI=1S/C14H8Cl2FIO/c15-11-2-1-3-12(16)10(11)7-14(19)9-5-4-8(17)6-13(9)18/h1-6H,7H2. The lowest BCUT2D eigenvalue weighted by Gasteiger charge is -2.07. The van der Waals surface area contributed by atoms with E-state index in [0.29, 0.717) is 24.7 Å². The molecule has 0 aromatic heterocycles. The molecule has 0 N–H and O–H groups in total. The van der Waals surface area contributed by atoms with Gasteiger partial charge in [0.2, 0.25) is 0 Å². The maximum Gasteiger partial charge on any atom is 0.168 e. The zero-order valence-corrected chi connectivity index (χ0v) is 13.3. The molecule has 0 saturated carbocycles. The molecule has 5 heteroatoms. The van der Waals surface area contributed by atoms with Gasteiger partial charge in [0.15, 0.2) is 5.78 Å². The molecule has 0 fully saturated rings. The fourth-order valence-corrected chi connectivity index (χ4v) is 2.98. The SMILES string of the molecule is O=C(Cc1c(Cl)cccc1Cl)c1ccc(F)cc1I. The lowest BCUT2D eigenvalue weighted by molar-refractivity contribution is 0.0992. The van der Waals surface area contributed by atoms with Crippen molar-refractivity contribution < 1.29 is 9.18 Å². The molecule has 0 atom stereocenters. The summed E-state index contributed by atoms with van der Waals surface area (Å²) in [4.78, 5) is 12.2. The van der Waals surface area contributed by atoms with Crippen molar-refractivity contribution in [2.75, 3.05) is 0 Å². The van der Waals surface area contributed by atoms with Crippen LogP contribution in [0.5, 0.6) is 0 Å². The third-order valence-corrected chi connectivity index (χ3v) is 4.23. The maximum absolute atomic E-state index is 13.0. The van der Waals surface area contributed by atoms with Gasteiger partial charge in [-0.15, -0.1) is 0 Å². The third kappa shape index (κ3) is 3.46. The first-order valence-corrected chi connectivity index (χ1v) is 7.23. The van der Waals surface area contributed by atoms with Crippen molar-refractivity contribution in [1.82, 2.24) is 0 Å². The van der Waals surface area contributed by atoms with Gasteiger partial charge in [-0.2, -0.15) is 0 Å². The van der Waals surface area contributed by atoms with E-state index >= 15 is 0 Å². The Hall–Kier alpha value is -0.650. The molecule has 0 heterocycles. The second-order valence-electron chi connectivity index (χ2n) is 3.92. The van der Waals surface area contributed by atoms with E-state index in [4.69, 9.17) is 23.2 Å². The smallest absolute Gasteiger partial charge is 0.168 e. The van der Waals surface area contributed by atoms with Gasteiger partial charge in [-0.1, -0.05) is 29.3 Å². The molecule has 0 aliphatic carbocycles. The van der Waals surface area contributed by atoms with Crippen LogP contribution in [-0.4, -0.2) is 5.78 Å². The predicted octanol–water partition coefficient (Wildman–Crippen LogP) is 5.16. The van der Waals surface area contributed by atoms with Crippen LogP contribution in [0.4, 0.5) is 4.39 Å². The van der Waals surface area contributed by atoms with Gasteiger partial charge in [0, 0.05) is 25.6 Å². The van der Waals surface area contributed by atoms with Gasteiger partial charge in [0.1, 0.15) is 5.82 Å². The van der Waals surface area contributed by atoms with Crippen molar-refractivity contribution in [1.29, 1.82) is 0 Å². The summed E-state index contributed by atoms with van der Waals surface area (Å²) in [6, 6.07) is 9.16. The lowest BCUT2D eigenvalue weighted by Crippen LogP contribution is -2.07. The lowest BCUT2D eigenvalue weighted by atomic mass is 10.0. The van der Waals surface area contributed by atoms with Crippen LogP contribution in [0.3, 0.4) is 0 Å². The van der Waals surface area contributed by atoms with E-state index in [-0.39, 0.29) is 18.0 Å². The van der Waals surface area contributed by atoms with E-state index in [2.05, 4.69) is 0 Å². The van der Waals surface area contributed by atoms with Gasteiger partial charge in [-0.3, -0.25) is 4.79 Å². The number of ketones is 1. The Morgan fingerprint density at radius 3 is 2.37 bits per heavy atom. The maximum atomic E-state index is 13.0. The van der Waals surface area contributed by atoms with Crippen LogP contribution in [0, 0.1) is 9.39 Å². The average molecular weight is 409 g/mol. The normalized spacial score (nSPS) is 10.5. The average Bonchev–Trinajstić information content (AvgIpc) is 2.33. The second-order valence-corrected chi connectivity index (χ2v) is 5.90. The van der Waals surface area contributed by atoms with Crippen LogP contribution in [0.15, 0.2) is 36.4 Å². The molecule has 0 amide bonds. The van der Waals surface area contributed by atoms with Crippen LogP contribution in [0.1, 0.15) is 15.9 Å². The number of carbonyl (C=O) groups excluding carboxylic acids is 1. The summed E-state index contributed by atoms with van der Waals surface area (Å²) in [6.07, 6.45) is 0.0974. The first-order valence-electron chi connectivity index (χ1n) is 5.40. The summed E-state index contributed by atoms with van der Waals surface area (Å²) in [6.45, 7) is 0. The van der Waals surface area contributed by atoms with E-state index in [1.165, 1.54) is 18.2 Å². The zero-order chi connectivity index (χ0) is 14.0. The number of hydrogen-bond acceptors (Lipinski definition) is 1. The summed E-state index contributed by atoms with van der Waals surface area (Å²) < 4.78 is 13.6. The van der Waals surface area contributed by atoms with Crippen molar-refractivity contribution in [3.63, 3.8) is 0 Å². The summed E-state index contributed by atoms with van der Waals surface area (Å²) in [5.41, 5.74) is 1.06. The molecule has 0 aliphatic rings. The van der Waals surface area contributed by atoms with E-state index in [0.717, 1.165) is 0 Å². The van der Waals surface area contributed by atoms with Crippen molar-refractivity contribution >= 4 is 51.6 Å². The zero-order valence-electron chi connectivity index (χ0n) is 9.59. The fraction of sp³-hybridized carbons (Fsp3) is 0.0714. The molecule has 0 spiro atoms. The Labute approximate surface area is 133 Å². The molecule has 0 unspecified atom stereocenters. The molecule has 0 bridgehead atoms. The highest BCUT2D eigenvalue weighted by Crippen LogP contribution is 2.26. The minimum Gasteiger partial charge on any atom is -0.294 e. The molecule has 2 aromatic rings. The molecule has 98 valence electrons. The Bertz CT molecular complexity index is 623. The van der Waals surface area contributed by atoms with Gasteiger partial charge in [-0.05, 0) is 58.5 Å². The minimum atomic E-state index is -0.364. The number of carbonyl (C=O) groups is 1. The number of benzene rings is 2. The second kappa shape index (κ2) is 6.20. The summed E-state index contributed by atoms with van der Waals surface area (Å²) in [5.74, 6) is -0.504. The molecule has 0 saturated heterocycles. The predicted molar refractivity (Wildman–Crippen MR) is 83.6 cm³/mol. The Kier molecular flexibility index (Phi) is 4.81. The fourth-order valence-electron chi connectivity index (χ4n) is 1.67. The molecule has 0 aliphatic heterocycles. The topological polar surface area (TPSA) is 17.1 Å². The van der Waals surface area contributed by atoms with Gasteiger partial charge in [0.25, 0.3) is 0 Å². The van der Waals surface area contributed by atoms with E-state index in [1.807, 2.05) is 22.6 Å². The Morgan fingerprint density at radius 1 is 1.16 bits per heavy atom. The number of rotatable bonds is 3. The third-order valence-electron chi connectivity index (χ3n) is 2.63. The van der Waals surface area contributed by atoms with E-state index < -0.39 is 0 Å². The molecule has 19 heavy (non-hydrogen) atoms. The van der Waals surface area contributed by atoms with Crippen LogP contribution >= 0.6 is 45.8 Å². The highest BCUT2D eigenvalue weighted by atomic mass is 127. The van der Waals surface area contributed by atoms with Crippen LogP contribution in [0.2, 0.25) is 10.0 Å². The highest BCUT2D eigenvalue weighted by molar-refractivity contribution is 14.1. The van der Waals surface area contributed by atoms with Gasteiger partial charge in [0.05, 0.1) is 0 Å². The largest absolute Gasteiger partial charge is 0.294 e. The van der Waals surface area contributed by atoms with Crippen molar-refractivity contribution in [2.24, 2.45) is 0 Å². The summed E-state index contributed by atoms with van der Waals surface area (Å²) >= 11 is 14.0. The molecule has 0 radical (unpaired) electrons. The van der Waals surface area contributed by atoms with Crippen molar-refractivity contribution in [3.05, 3.63) is 67.0 Å². The number of hydrogen-bond donors (Lipinski definition) is 0. The van der Waals surface area contributed by atoms with Crippen molar-refractivity contribution in [3.8, 4) is 0 Å². The quantitative estimate of drug-likeness (QED) is 0.506. The minimum absolute atomic E-state index is 0.0974. The van der Waals surface area contributed by atoms with Crippen LogP contribution in [-0.2, 0) is 6.42 Å². The first kappa shape index (κ1) is 14.8. The van der Waals surface area contributed by atoms with Crippen LogP contribution in [0.25, 0.3) is 0 Å². The Balaban J connectivity index is 2.31. The van der Waals surface area contributed by atoms with E-state index in [9.17, 15) is 9.18 Å². The summed E-state index contributed by atoms with van der Waals surface area (Å²) in [5, 5.41) is 0.913. The van der Waals surface area contributed by atoms with Gasteiger partial charge in [-0.25, -0.2) is 4.39 Å².